The van der Waals surface area contributed by atoms with Crippen LogP contribution in [0.3, 0.4) is 0 Å². The number of nitrogens with zero attached hydrogens (tertiary/aromatic N) is 1. The molecule has 22 heavy (non-hydrogen) atoms. The Hall–Kier alpha value is -1.59. The predicted octanol–water partition coefficient (Wildman–Crippen LogP) is 1.17. The number of rotatable bonds is 7. The summed E-state index contributed by atoms with van der Waals surface area (Å²) in [6, 6.07) is 7.76. The zero-order valence-electron chi connectivity index (χ0n) is 13.6. The van der Waals surface area contributed by atoms with E-state index >= 15 is 0 Å². The molecule has 5 heteroatoms. The largest absolute Gasteiger partial charge is 0.481 e. The first-order valence-electron chi connectivity index (χ1n) is 8.09. The van der Waals surface area contributed by atoms with Gasteiger partial charge in [0.2, 0.25) is 0 Å². The Bertz CT molecular complexity index is 473. The quantitative estimate of drug-likeness (QED) is 0.743. The van der Waals surface area contributed by atoms with Crippen LogP contribution in [0.5, 0.6) is 5.75 Å². The lowest BCUT2D eigenvalue weighted by molar-refractivity contribution is -0.127. The second-order valence-corrected chi connectivity index (χ2v) is 5.81. The van der Waals surface area contributed by atoms with E-state index in [2.05, 4.69) is 15.5 Å². The number of carbonyl (C=O) groups excluding carboxylic acids is 1. The molecule has 0 saturated carbocycles. The van der Waals surface area contributed by atoms with Crippen LogP contribution >= 0.6 is 0 Å². The Kier molecular flexibility index (Phi) is 6.68. The van der Waals surface area contributed by atoms with Crippen molar-refractivity contribution in [2.45, 2.75) is 26.4 Å². The number of nitrogens with one attached hydrogen (secondary N) is 2. The number of ether oxygens (including phenoxy) is 1. The minimum atomic E-state index is -0.471. The summed E-state index contributed by atoms with van der Waals surface area (Å²) in [4.78, 5) is 14.4. The average molecular weight is 305 g/mol. The summed E-state index contributed by atoms with van der Waals surface area (Å²) in [5.41, 5.74) is 1.13. The molecule has 1 fully saturated rings. The van der Waals surface area contributed by atoms with Crippen molar-refractivity contribution in [2.24, 2.45) is 0 Å². The first-order chi connectivity index (χ1) is 10.6. The maximum absolute atomic E-state index is 12.0. The summed E-state index contributed by atoms with van der Waals surface area (Å²) in [5, 5.41) is 6.29. The standard InChI is InChI=1S/C17H27N3O2/c1-14-5-3-6-16(13-14)22-15(2)17(21)19-7-4-10-20-11-8-18-9-12-20/h3,5-6,13,15,18H,4,7-12H2,1-2H3,(H,19,21). The molecule has 2 rings (SSSR count). The van der Waals surface area contributed by atoms with Crippen molar-refractivity contribution in [1.82, 2.24) is 15.5 Å². The molecule has 1 unspecified atom stereocenters. The summed E-state index contributed by atoms with van der Waals surface area (Å²) in [7, 11) is 0. The first kappa shape index (κ1) is 16.8. The molecule has 1 aromatic carbocycles. The van der Waals surface area contributed by atoms with Crippen LogP contribution in [-0.4, -0.2) is 56.2 Å². The number of carbonyl (C=O) groups is 1. The maximum atomic E-state index is 12.0. The molecule has 1 aliphatic rings. The molecule has 0 bridgehead atoms. The van der Waals surface area contributed by atoms with Crippen molar-refractivity contribution in [2.75, 3.05) is 39.3 Å². The third-order valence-corrected chi connectivity index (χ3v) is 3.83. The van der Waals surface area contributed by atoms with Crippen LogP contribution in [0.15, 0.2) is 24.3 Å². The van der Waals surface area contributed by atoms with E-state index in [-0.39, 0.29) is 5.91 Å². The molecular weight excluding hydrogens is 278 g/mol. The Labute approximate surface area is 133 Å². The molecule has 1 amide bonds. The van der Waals surface area contributed by atoms with Crippen LogP contribution < -0.4 is 15.4 Å². The molecular formula is C17H27N3O2. The minimum absolute atomic E-state index is 0.0539. The first-order valence-corrected chi connectivity index (χ1v) is 8.09. The molecule has 5 nitrogen and oxygen atoms in total. The van der Waals surface area contributed by atoms with Crippen LogP contribution in [0.25, 0.3) is 0 Å². The topological polar surface area (TPSA) is 53.6 Å². The van der Waals surface area contributed by atoms with E-state index < -0.39 is 6.10 Å². The monoisotopic (exact) mass is 305 g/mol. The van der Waals surface area contributed by atoms with Gasteiger partial charge in [0.05, 0.1) is 0 Å². The summed E-state index contributed by atoms with van der Waals surface area (Å²) in [6.45, 7) is 9.85. The third kappa shape index (κ3) is 5.66. The van der Waals surface area contributed by atoms with Crippen LogP contribution in [0.2, 0.25) is 0 Å². The SMILES string of the molecule is Cc1cccc(OC(C)C(=O)NCCCN2CCNCC2)c1. The minimum Gasteiger partial charge on any atom is -0.481 e. The van der Waals surface area contributed by atoms with Crippen LogP contribution in [0.1, 0.15) is 18.9 Å². The average Bonchev–Trinajstić information content (AvgIpc) is 2.52. The van der Waals surface area contributed by atoms with Gasteiger partial charge < -0.3 is 20.3 Å². The molecule has 1 aromatic rings. The van der Waals surface area contributed by atoms with Gasteiger partial charge in [-0.15, -0.1) is 0 Å². The number of benzene rings is 1. The van der Waals surface area contributed by atoms with E-state index in [4.69, 9.17) is 4.74 Å². The van der Waals surface area contributed by atoms with Crippen molar-refractivity contribution in [1.29, 1.82) is 0 Å². The van der Waals surface area contributed by atoms with Gasteiger partial charge in [0.25, 0.3) is 5.91 Å². The maximum Gasteiger partial charge on any atom is 0.260 e. The van der Waals surface area contributed by atoms with E-state index in [1.165, 1.54) is 0 Å². The van der Waals surface area contributed by atoms with Gasteiger partial charge in [0.15, 0.2) is 6.10 Å². The Morgan fingerprint density at radius 1 is 1.41 bits per heavy atom. The highest BCUT2D eigenvalue weighted by molar-refractivity contribution is 5.80. The van der Waals surface area contributed by atoms with Crippen molar-refractivity contribution in [3.63, 3.8) is 0 Å². The molecule has 1 saturated heterocycles. The highest BCUT2D eigenvalue weighted by Crippen LogP contribution is 2.14. The van der Waals surface area contributed by atoms with Crippen LogP contribution in [-0.2, 0) is 4.79 Å². The van der Waals surface area contributed by atoms with E-state index in [0.29, 0.717) is 6.54 Å². The second-order valence-electron chi connectivity index (χ2n) is 5.81. The molecule has 0 aromatic heterocycles. The number of aryl methyl sites for hydroxylation is 1. The van der Waals surface area contributed by atoms with Crippen molar-refractivity contribution in [3.8, 4) is 5.75 Å². The van der Waals surface area contributed by atoms with Gasteiger partial charge >= 0.3 is 0 Å². The summed E-state index contributed by atoms with van der Waals surface area (Å²) in [6.07, 6.45) is 0.504. The zero-order chi connectivity index (χ0) is 15.8. The smallest absolute Gasteiger partial charge is 0.260 e. The van der Waals surface area contributed by atoms with Gasteiger partial charge in [-0.2, -0.15) is 0 Å². The fraction of sp³-hybridized carbons (Fsp3) is 0.588. The van der Waals surface area contributed by atoms with E-state index in [9.17, 15) is 4.79 Å². The van der Waals surface area contributed by atoms with Gasteiger partial charge in [-0.3, -0.25) is 4.79 Å². The van der Waals surface area contributed by atoms with Gasteiger partial charge in [-0.05, 0) is 44.5 Å². The second kappa shape index (κ2) is 8.76. The summed E-state index contributed by atoms with van der Waals surface area (Å²) >= 11 is 0. The van der Waals surface area contributed by atoms with Crippen LogP contribution in [0, 0.1) is 6.92 Å². The number of hydrogen-bond acceptors (Lipinski definition) is 4. The molecule has 1 aliphatic heterocycles. The normalized spacial score (nSPS) is 17.0. The fourth-order valence-corrected chi connectivity index (χ4v) is 2.54. The number of hydrogen-bond donors (Lipinski definition) is 2. The Morgan fingerprint density at radius 3 is 2.91 bits per heavy atom. The van der Waals surface area contributed by atoms with Crippen molar-refractivity contribution >= 4 is 5.91 Å². The molecule has 0 aliphatic carbocycles. The predicted molar refractivity (Wildman–Crippen MR) is 88.2 cm³/mol. The van der Waals surface area contributed by atoms with E-state index in [1.807, 2.05) is 31.2 Å². The molecule has 122 valence electrons. The lowest BCUT2D eigenvalue weighted by atomic mass is 10.2. The number of amides is 1. The van der Waals surface area contributed by atoms with Gasteiger partial charge in [-0.25, -0.2) is 0 Å². The summed E-state index contributed by atoms with van der Waals surface area (Å²) in [5.74, 6) is 0.685. The number of piperazine rings is 1. The summed E-state index contributed by atoms with van der Waals surface area (Å²) < 4.78 is 5.67. The van der Waals surface area contributed by atoms with E-state index in [1.54, 1.807) is 6.92 Å². The highest BCUT2D eigenvalue weighted by Gasteiger charge is 2.14. The lowest BCUT2D eigenvalue weighted by Crippen LogP contribution is -2.44. The van der Waals surface area contributed by atoms with Gasteiger partial charge in [0.1, 0.15) is 5.75 Å². The Balaban J connectivity index is 1.63. The molecule has 1 atom stereocenters. The van der Waals surface area contributed by atoms with E-state index in [0.717, 1.165) is 50.5 Å². The molecule has 0 radical (unpaired) electrons. The third-order valence-electron chi connectivity index (χ3n) is 3.83. The lowest BCUT2D eigenvalue weighted by Gasteiger charge is -2.27. The zero-order valence-corrected chi connectivity index (χ0v) is 13.6. The van der Waals surface area contributed by atoms with Crippen molar-refractivity contribution < 1.29 is 9.53 Å². The molecule has 0 spiro atoms. The van der Waals surface area contributed by atoms with Gasteiger partial charge in [-0.1, -0.05) is 12.1 Å². The molecule has 1 heterocycles. The Morgan fingerprint density at radius 2 is 2.18 bits per heavy atom. The highest BCUT2D eigenvalue weighted by atomic mass is 16.5. The molecule has 2 N–H and O–H groups in total. The van der Waals surface area contributed by atoms with Gasteiger partial charge in [0, 0.05) is 32.7 Å². The van der Waals surface area contributed by atoms with Crippen molar-refractivity contribution in [3.05, 3.63) is 29.8 Å². The van der Waals surface area contributed by atoms with Crippen LogP contribution in [0.4, 0.5) is 0 Å². The fourth-order valence-electron chi connectivity index (χ4n) is 2.54.